The van der Waals surface area contributed by atoms with Crippen molar-refractivity contribution in [3.8, 4) is 16.9 Å². The predicted octanol–water partition coefficient (Wildman–Crippen LogP) is 6.28. The fourth-order valence-corrected chi connectivity index (χ4v) is 5.14. The predicted molar refractivity (Wildman–Crippen MR) is 144 cm³/mol. The molecule has 0 aromatic heterocycles. The van der Waals surface area contributed by atoms with E-state index in [0.717, 1.165) is 40.6 Å². The number of hydrogen-bond acceptors (Lipinski definition) is 4. The van der Waals surface area contributed by atoms with E-state index in [1.54, 1.807) is 17.9 Å². The lowest BCUT2D eigenvalue weighted by molar-refractivity contribution is -0.138. The van der Waals surface area contributed by atoms with Crippen LogP contribution in [0.4, 0.5) is 18.9 Å². The molecule has 0 aliphatic carbocycles. The Morgan fingerprint density at radius 2 is 1.82 bits per heavy atom. The highest BCUT2D eigenvalue weighted by atomic mass is 19.4. The Hall–Kier alpha value is -3.52. The van der Waals surface area contributed by atoms with Gasteiger partial charge < -0.3 is 20.3 Å². The number of para-hydroxylation sites is 1. The van der Waals surface area contributed by atoms with E-state index in [2.05, 4.69) is 11.0 Å². The number of nitrogens with two attached hydrogens (primary N) is 1. The highest BCUT2D eigenvalue weighted by molar-refractivity contribution is 5.96. The number of alkyl halides is 3. The number of piperazine rings is 1. The van der Waals surface area contributed by atoms with Crippen LogP contribution in [-0.4, -0.2) is 43.1 Å². The number of nitrogens with zero attached hydrogens (tertiary/aromatic N) is 2. The van der Waals surface area contributed by atoms with E-state index in [0.29, 0.717) is 38.3 Å². The van der Waals surface area contributed by atoms with Gasteiger partial charge in [-0.3, -0.25) is 4.79 Å². The first kappa shape index (κ1) is 27.5. The topological polar surface area (TPSA) is 58.8 Å². The van der Waals surface area contributed by atoms with Crippen molar-refractivity contribution in [2.45, 2.75) is 46.0 Å². The van der Waals surface area contributed by atoms with Gasteiger partial charge in [-0.05, 0) is 61.7 Å². The molecule has 1 fully saturated rings. The Labute approximate surface area is 222 Å². The van der Waals surface area contributed by atoms with Crippen LogP contribution in [0.2, 0.25) is 0 Å². The van der Waals surface area contributed by atoms with E-state index in [4.69, 9.17) is 10.5 Å². The fourth-order valence-electron chi connectivity index (χ4n) is 5.14. The van der Waals surface area contributed by atoms with Crippen LogP contribution in [0.15, 0.2) is 60.7 Å². The first-order valence-corrected chi connectivity index (χ1v) is 13.0. The molecule has 3 aromatic carbocycles. The third-order valence-electron chi connectivity index (χ3n) is 7.06. The zero-order valence-electron chi connectivity index (χ0n) is 22.0. The second-order valence-corrected chi connectivity index (χ2v) is 9.53. The summed E-state index contributed by atoms with van der Waals surface area (Å²) in [5.74, 6) is 0.218. The van der Waals surface area contributed by atoms with E-state index in [9.17, 15) is 18.0 Å². The molecule has 38 heavy (non-hydrogen) atoms. The minimum Gasteiger partial charge on any atom is -0.493 e. The van der Waals surface area contributed by atoms with Crippen molar-refractivity contribution in [1.29, 1.82) is 0 Å². The minimum atomic E-state index is -4.60. The van der Waals surface area contributed by atoms with Gasteiger partial charge in [0.2, 0.25) is 0 Å². The van der Waals surface area contributed by atoms with E-state index in [1.165, 1.54) is 6.07 Å². The number of halogens is 3. The number of anilines is 1. The molecule has 1 heterocycles. The standard InChI is InChI=1S/C30H34F3N3O2/c1-4-23-19-35(29(37)25-12-10-20(3)16-26(25)30(31,32)33)14-15-36(23)27-13-11-21(17-22(27)18-34)24-8-6-7-9-28(24)38-5-2/h6-13,16-17,23H,4-5,14-15,18-19,34H2,1-3H3/t23-/m1/s1. The number of rotatable bonds is 7. The quantitative estimate of drug-likeness (QED) is 0.395. The van der Waals surface area contributed by atoms with Crippen molar-refractivity contribution in [2.24, 2.45) is 5.73 Å². The largest absolute Gasteiger partial charge is 0.493 e. The number of ether oxygens (including phenoxy) is 1. The third-order valence-corrected chi connectivity index (χ3v) is 7.06. The van der Waals surface area contributed by atoms with E-state index in [-0.39, 0.29) is 11.6 Å². The number of carbonyl (C=O) groups is 1. The average Bonchev–Trinajstić information content (AvgIpc) is 2.92. The second-order valence-electron chi connectivity index (χ2n) is 9.53. The van der Waals surface area contributed by atoms with Gasteiger partial charge in [-0.2, -0.15) is 13.2 Å². The van der Waals surface area contributed by atoms with Crippen molar-refractivity contribution < 1.29 is 22.7 Å². The molecular formula is C30H34F3N3O2. The zero-order chi connectivity index (χ0) is 27.4. The highest BCUT2D eigenvalue weighted by Crippen LogP contribution is 2.36. The lowest BCUT2D eigenvalue weighted by Crippen LogP contribution is -2.55. The third kappa shape index (κ3) is 5.65. The Kier molecular flexibility index (Phi) is 8.31. The van der Waals surface area contributed by atoms with Gasteiger partial charge in [-0.25, -0.2) is 0 Å². The summed E-state index contributed by atoms with van der Waals surface area (Å²) in [4.78, 5) is 17.0. The number of amides is 1. The second kappa shape index (κ2) is 11.5. The van der Waals surface area contributed by atoms with Crippen molar-refractivity contribution in [1.82, 2.24) is 4.90 Å². The van der Waals surface area contributed by atoms with Gasteiger partial charge in [0.15, 0.2) is 0 Å². The maximum absolute atomic E-state index is 13.7. The maximum Gasteiger partial charge on any atom is 0.417 e. The molecule has 1 atom stereocenters. The van der Waals surface area contributed by atoms with Crippen LogP contribution >= 0.6 is 0 Å². The van der Waals surface area contributed by atoms with Crippen molar-refractivity contribution >= 4 is 11.6 Å². The molecule has 202 valence electrons. The normalized spacial score (nSPS) is 16.0. The Morgan fingerprint density at radius 3 is 2.50 bits per heavy atom. The summed E-state index contributed by atoms with van der Waals surface area (Å²) >= 11 is 0. The molecule has 0 bridgehead atoms. The van der Waals surface area contributed by atoms with Gasteiger partial charge in [0, 0.05) is 43.5 Å². The SMILES string of the molecule is CCOc1ccccc1-c1ccc(N2CCN(C(=O)c3ccc(C)cc3C(F)(F)F)C[C@H]2CC)c(CN)c1. The molecule has 1 aliphatic rings. The molecule has 4 rings (SSSR count). The van der Waals surface area contributed by atoms with E-state index < -0.39 is 17.6 Å². The maximum atomic E-state index is 13.7. The Balaban J connectivity index is 1.60. The summed E-state index contributed by atoms with van der Waals surface area (Å²) < 4.78 is 46.9. The van der Waals surface area contributed by atoms with Gasteiger partial charge in [0.05, 0.1) is 17.7 Å². The van der Waals surface area contributed by atoms with Crippen molar-refractivity contribution in [2.75, 3.05) is 31.1 Å². The van der Waals surface area contributed by atoms with Crippen molar-refractivity contribution in [3.63, 3.8) is 0 Å². The molecule has 3 aromatic rings. The zero-order valence-corrected chi connectivity index (χ0v) is 22.0. The van der Waals surface area contributed by atoms with E-state index >= 15 is 0 Å². The average molecular weight is 526 g/mol. The summed E-state index contributed by atoms with van der Waals surface area (Å²) in [6.45, 7) is 7.60. The molecule has 2 N–H and O–H groups in total. The molecule has 0 radical (unpaired) electrons. The lowest BCUT2D eigenvalue weighted by atomic mass is 9.98. The molecule has 0 saturated carbocycles. The number of aryl methyl sites for hydroxylation is 1. The smallest absolute Gasteiger partial charge is 0.417 e. The monoisotopic (exact) mass is 525 g/mol. The van der Waals surface area contributed by atoms with Crippen LogP contribution < -0.4 is 15.4 Å². The molecule has 8 heteroatoms. The summed E-state index contributed by atoms with van der Waals surface area (Å²) in [5, 5.41) is 0. The first-order valence-electron chi connectivity index (χ1n) is 13.0. The minimum absolute atomic E-state index is 0.0562. The molecule has 0 unspecified atom stereocenters. The molecular weight excluding hydrogens is 491 g/mol. The Bertz CT molecular complexity index is 1290. The fraction of sp³-hybridized carbons (Fsp3) is 0.367. The Morgan fingerprint density at radius 1 is 1.05 bits per heavy atom. The van der Waals surface area contributed by atoms with Crippen LogP contribution in [0.25, 0.3) is 11.1 Å². The number of benzene rings is 3. The molecule has 0 spiro atoms. The van der Waals surface area contributed by atoms with E-state index in [1.807, 2.05) is 50.2 Å². The van der Waals surface area contributed by atoms with Gasteiger partial charge in [0.1, 0.15) is 5.75 Å². The lowest BCUT2D eigenvalue weighted by Gasteiger charge is -2.43. The number of carbonyl (C=O) groups excluding carboxylic acids is 1. The summed E-state index contributed by atoms with van der Waals surface area (Å²) in [6, 6.07) is 17.8. The molecule has 5 nitrogen and oxygen atoms in total. The molecule has 1 saturated heterocycles. The van der Waals surface area contributed by atoms with Crippen LogP contribution in [0.5, 0.6) is 5.75 Å². The molecule has 1 aliphatic heterocycles. The van der Waals surface area contributed by atoms with Gasteiger partial charge in [0.25, 0.3) is 5.91 Å². The summed E-state index contributed by atoms with van der Waals surface area (Å²) in [7, 11) is 0. The van der Waals surface area contributed by atoms with Gasteiger partial charge in [-0.15, -0.1) is 0 Å². The first-order chi connectivity index (χ1) is 18.2. The highest BCUT2D eigenvalue weighted by Gasteiger charge is 2.38. The van der Waals surface area contributed by atoms with Gasteiger partial charge in [-0.1, -0.05) is 42.8 Å². The van der Waals surface area contributed by atoms with Crippen molar-refractivity contribution in [3.05, 3.63) is 82.9 Å². The molecule has 1 amide bonds. The van der Waals surface area contributed by atoms with Gasteiger partial charge >= 0.3 is 6.18 Å². The summed E-state index contributed by atoms with van der Waals surface area (Å²) in [6.07, 6.45) is -3.87. The van der Waals surface area contributed by atoms with Crippen LogP contribution in [0.1, 0.15) is 47.3 Å². The van der Waals surface area contributed by atoms with Crippen LogP contribution in [-0.2, 0) is 12.7 Å². The van der Waals surface area contributed by atoms with Crippen LogP contribution in [0.3, 0.4) is 0 Å². The summed E-state index contributed by atoms with van der Waals surface area (Å²) in [5.41, 5.74) is 9.39. The van der Waals surface area contributed by atoms with Crippen LogP contribution in [0, 0.1) is 6.92 Å². The number of hydrogen-bond donors (Lipinski definition) is 1.